The molecule has 1 fully saturated rings. The Bertz CT molecular complexity index is 302. The van der Waals surface area contributed by atoms with Crippen molar-refractivity contribution < 1.29 is 8.42 Å². The van der Waals surface area contributed by atoms with Crippen LogP contribution in [0, 0.1) is 0 Å². The number of hydrogen-bond donors (Lipinski definition) is 1. The first-order valence-corrected chi connectivity index (χ1v) is 8.55. The van der Waals surface area contributed by atoms with E-state index in [0.29, 0.717) is 24.1 Å². The van der Waals surface area contributed by atoms with Crippen LogP contribution < -0.4 is 5.32 Å². The molecule has 1 N–H and O–H groups in total. The van der Waals surface area contributed by atoms with E-state index in [0.717, 1.165) is 26.1 Å². The highest BCUT2D eigenvalue weighted by Gasteiger charge is 2.20. The SMILES string of the molecule is CCCS(=O)(=O)CCN1CCCC(NCC)C1. The van der Waals surface area contributed by atoms with E-state index in [9.17, 15) is 8.42 Å². The van der Waals surface area contributed by atoms with E-state index >= 15 is 0 Å². The van der Waals surface area contributed by atoms with Gasteiger partial charge in [-0.15, -0.1) is 0 Å². The van der Waals surface area contributed by atoms with Crippen molar-refractivity contribution in [3.63, 3.8) is 0 Å². The Hall–Kier alpha value is -0.130. The number of likely N-dealkylation sites (N-methyl/N-ethyl adjacent to an activating group) is 1. The molecule has 5 heteroatoms. The van der Waals surface area contributed by atoms with Crippen LogP contribution in [0.3, 0.4) is 0 Å². The molecule has 1 rings (SSSR count). The van der Waals surface area contributed by atoms with Crippen LogP contribution in [-0.4, -0.2) is 57.0 Å². The van der Waals surface area contributed by atoms with Crippen LogP contribution in [0.1, 0.15) is 33.1 Å². The molecule has 17 heavy (non-hydrogen) atoms. The Morgan fingerprint density at radius 2 is 2.06 bits per heavy atom. The fourth-order valence-electron chi connectivity index (χ4n) is 2.40. The average molecular weight is 262 g/mol. The van der Waals surface area contributed by atoms with E-state index in [4.69, 9.17) is 0 Å². The van der Waals surface area contributed by atoms with E-state index in [1.807, 2.05) is 6.92 Å². The maximum absolute atomic E-state index is 11.6. The molecule has 1 heterocycles. The van der Waals surface area contributed by atoms with Crippen LogP contribution in [0.25, 0.3) is 0 Å². The number of likely N-dealkylation sites (tertiary alicyclic amines) is 1. The van der Waals surface area contributed by atoms with Gasteiger partial charge in [0.05, 0.1) is 5.75 Å². The summed E-state index contributed by atoms with van der Waals surface area (Å²) in [6, 6.07) is 0.544. The van der Waals surface area contributed by atoms with Crippen LogP contribution in [0.4, 0.5) is 0 Å². The minimum absolute atomic E-state index is 0.319. The summed E-state index contributed by atoms with van der Waals surface area (Å²) in [5.41, 5.74) is 0. The largest absolute Gasteiger partial charge is 0.313 e. The molecule has 1 aliphatic heterocycles. The van der Waals surface area contributed by atoms with E-state index in [1.54, 1.807) is 0 Å². The molecular formula is C12H26N2O2S. The van der Waals surface area contributed by atoms with Crippen molar-refractivity contribution in [2.24, 2.45) is 0 Å². The van der Waals surface area contributed by atoms with Crippen molar-refractivity contribution in [1.82, 2.24) is 10.2 Å². The van der Waals surface area contributed by atoms with E-state index < -0.39 is 9.84 Å². The monoisotopic (exact) mass is 262 g/mol. The summed E-state index contributed by atoms with van der Waals surface area (Å²) in [7, 11) is -2.82. The van der Waals surface area contributed by atoms with Crippen LogP contribution >= 0.6 is 0 Å². The maximum Gasteiger partial charge on any atom is 0.151 e. The molecule has 1 atom stereocenters. The van der Waals surface area contributed by atoms with Crippen LogP contribution in [0.15, 0.2) is 0 Å². The quantitative estimate of drug-likeness (QED) is 0.740. The molecule has 0 aromatic heterocycles. The van der Waals surface area contributed by atoms with Gasteiger partial charge in [0.2, 0.25) is 0 Å². The Labute approximate surface area is 106 Å². The first kappa shape index (κ1) is 14.9. The summed E-state index contributed by atoms with van der Waals surface area (Å²) in [6.45, 7) is 7.76. The third-order valence-corrected chi connectivity index (χ3v) is 5.07. The molecular weight excluding hydrogens is 236 g/mol. The van der Waals surface area contributed by atoms with Gasteiger partial charge in [-0.2, -0.15) is 0 Å². The Balaban J connectivity index is 2.31. The number of nitrogens with one attached hydrogen (secondary N) is 1. The van der Waals surface area contributed by atoms with Gasteiger partial charge in [-0.25, -0.2) is 8.42 Å². The Morgan fingerprint density at radius 3 is 2.71 bits per heavy atom. The molecule has 0 saturated carbocycles. The fraction of sp³-hybridized carbons (Fsp3) is 1.00. The molecule has 1 saturated heterocycles. The van der Waals surface area contributed by atoms with Gasteiger partial charge in [0.15, 0.2) is 9.84 Å². The predicted molar refractivity (Wildman–Crippen MR) is 72.1 cm³/mol. The summed E-state index contributed by atoms with van der Waals surface area (Å²) in [5, 5.41) is 3.45. The number of rotatable bonds is 7. The molecule has 0 bridgehead atoms. The minimum Gasteiger partial charge on any atom is -0.313 e. The van der Waals surface area contributed by atoms with Crippen molar-refractivity contribution in [3.05, 3.63) is 0 Å². The van der Waals surface area contributed by atoms with Crippen molar-refractivity contribution in [3.8, 4) is 0 Å². The third kappa shape index (κ3) is 5.84. The van der Waals surface area contributed by atoms with Crippen molar-refractivity contribution in [1.29, 1.82) is 0 Å². The highest BCUT2D eigenvalue weighted by atomic mass is 32.2. The summed E-state index contributed by atoms with van der Waals surface area (Å²) in [4.78, 5) is 2.28. The Morgan fingerprint density at radius 1 is 1.29 bits per heavy atom. The second-order valence-electron chi connectivity index (χ2n) is 4.85. The number of hydrogen-bond acceptors (Lipinski definition) is 4. The normalized spacial score (nSPS) is 22.8. The van der Waals surface area contributed by atoms with E-state index in [-0.39, 0.29) is 0 Å². The summed E-state index contributed by atoms with van der Waals surface area (Å²) in [5.74, 6) is 0.650. The highest BCUT2D eigenvalue weighted by molar-refractivity contribution is 7.91. The lowest BCUT2D eigenvalue weighted by molar-refractivity contribution is 0.201. The molecule has 1 unspecified atom stereocenters. The second kappa shape index (κ2) is 7.34. The molecule has 0 aliphatic carbocycles. The lowest BCUT2D eigenvalue weighted by atomic mass is 10.1. The topological polar surface area (TPSA) is 49.4 Å². The zero-order valence-electron chi connectivity index (χ0n) is 11.1. The zero-order valence-corrected chi connectivity index (χ0v) is 11.9. The summed E-state index contributed by atoms with van der Waals surface area (Å²) >= 11 is 0. The first-order valence-electron chi connectivity index (χ1n) is 6.73. The lowest BCUT2D eigenvalue weighted by Crippen LogP contribution is -2.46. The van der Waals surface area contributed by atoms with Gasteiger partial charge in [-0.1, -0.05) is 13.8 Å². The fourth-order valence-corrected chi connectivity index (χ4v) is 3.76. The van der Waals surface area contributed by atoms with E-state index in [1.165, 1.54) is 12.8 Å². The summed E-state index contributed by atoms with van der Waals surface area (Å²) < 4.78 is 23.3. The van der Waals surface area contributed by atoms with Gasteiger partial charge in [-0.3, -0.25) is 0 Å². The standard InChI is InChI=1S/C12H26N2O2S/c1-3-9-17(15,16)10-8-14-7-5-6-12(11-14)13-4-2/h12-13H,3-11H2,1-2H3. The van der Waals surface area contributed by atoms with Crippen molar-refractivity contribution >= 4 is 9.84 Å². The molecule has 0 aromatic carbocycles. The predicted octanol–water partition coefficient (Wildman–Crippen LogP) is 0.885. The number of nitrogens with zero attached hydrogens (tertiary/aromatic N) is 1. The molecule has 1 aliphatic rings. The second-order valence-corrected chi connectivity index (χ2v) is 7.15. The van der Waals surface area contributed by atoms with Gasteiger partial charge in [0, 0.05) is 24.9 Å². The molecule has 0 spiro atoms. The van der Waals surface area contributed by atoms with Crippen molar-refractivity contribution in [2.45, 2.75) is 39.2 Å². The molecule has 0 amide bonds. The number of piperidine rings is 1. The highest BCUT2D eigenvalue weighted by Crippen LogP contribution is 2.10. The minimum atomic E-state index is -2.82. The third-order valence-electron chi connectivity index (χ3n) is 3.23. The maximum atomic E-state index is 11.6. The number of sulfone groups is 1. The smallest absolute Gasteiger partial charge is 0.151 e. The van der Waals surface area contributed by atoms with Gasteiger partial charge in [0.1, 0.15) is 0 Å². The summed E-state index contributed by atoms with van der Waals surface area (Å²) in [6.07, 6.45) is 3.11. The zero-order chi connectivity index (χ0) is 12.7. The lowest BCUT2D eigenvalue weighted by Gasteiger charge is -2.32. The van der Waals surface area contributed by atoms with Crippen LogP contribution in [0.5, 0.6) is 0 Å². The van der Waals surface area contributed by atoms with Crippen LogP contribution in [-0.2, 0) is 9.84 Å². The molecule has 0 aromatic rings. The first-order chi connectivity index (χ1) is 8.07. The molecule has 102 valence electrons. The van der Waals surface area contributed by atoms with E-state index in [2.05, 4.69) is 17.1 Å². The Kier molecular flexibility index (Phi) is 6.44. The van der Waals surface area contributed by atoms with Gasteiger partial charge >= 0.3 is 0 Å². The van der Waals surface area contributed by atoms with Gasteiger partial charge in [0.25, 0.3) is 0 Å². The van der Waals surface area contributed by atoms with Crippen LogP contribution in [0.2, 0.25) is 0 Å². The van der Waals surface area contributed by atoms with Gasteiger partial charge in [-0.05, 0) is 32.4 Å². The molecule has 0 radical (unpaired) electrons. The average Bonchev–Trinajstić information content (AvgIpc) is 2.28. The molecule has 4 nitrogen and oxygen atoms in total. The van der Waals surface area contributed by atoms with Crippen molar-refractivity contribution in [2.75, 3.05) is 37.7 Å². The van der Waals surface area contributed by atoms with Gasteiger partial charge < -0.3 is 10.2 Å².